The van der Waals surface area contributed by atoms with Crippen LogP contribution in [0, 0.1) is 22.7 Å². The van der Waals surface area contributed by atoms with Crippen molar-refractivity contribution in [2.45, 2.75) is 19.4 Å². The highest BCUT2D eigenvalue weighted by molar-refractivity contribution is 5.42. The molecule has 5 nitrogen and oxygen atoms in total. The largest absolute Gasteiger partial charge is 0.354 e. The second-order valence-corrected chi connectivity index (χ2v) is 4.57. The molecule has 1 fully saturated rings. The van der Waals surface area contributed by atoms with E-state index in [4.69, 9.17) is 10.5 Å². The van der Waals surface area contributed by atoms with Crippen LogP contribution < -0.4 is 4.90 Å². The fraction of sp³-hybridized carbons (Fsp3) is 0.500. The van der Waals surface area contributed by atoms with Gasteiger partial charge in [0.1, 0.15) is 17.6 Å². The SMILES string of the molecule is CCC(C#N)N1CCN(c2cccc(C#N)n2)CC1. The van der Waals surface area contributed by atoms with Gasteiger partial charge in [-0.15, -0.1) is 0 Å². The first kappa shape index (κ1) is 13.3. The maximum absolute atomic E-state index is 9.08. The first-order valence-electron chi connectivity index (χ1n) is 6.54. The molecule has 5 heteroatoms. The van der Waals surface area contributed by atoms with Crippen molar-refractivity contribution in [2.75, 3.05) is 31.1 Å². The molecule has 19 heavy (non-hydrogen) atoms. The zero-order chi connectivity index (χ0) is 13.7. The average molecular weight is 255 g/mol. The summed E-state index contributed by atoms with van der Waals surface area (Å²) >= 11 is 0. The van der Waals surface area contributed by atoms with E-state index in [-0.39, 0.29) is 6.04 Å². The summed E-state index contributed by atoms with van der Waals surface area (Å²) in [5, 5.41) is 17.9. The molecule has 0 aromatic carbocycles. The minimum absolute atomic E-state index is 0.0144. The van der Waals surface area contributed by atoms with Gasteiger partial charge in [0.05, 0.1) is 12.1 Å². The second-order valence-electron chi connectivity index (χ2n) is 4.57. The van der Waals surface area contributed by atoms with Crippen LogP contribution >= 0.6 is 0 Å². The third-order valence-corrected chi connectivity index (χ3v) is 3.46. The van der Waals surface area contributed by atoms with Crippen LogP contribution in [0.2, 0.25) is 0 Å². The maximum atomic E-state index is 9.08. The summed E-state index contributed by atoms with van der Waals surface area (Å²) in [6, 6.07) is 9.92. The number of aromatic nitrogens is 1. The van der Waals surface area contributed by atoms with E-state index in [0.29, 0.717) is 5.69 Å². The molecule has 0 spiro atoms. The van der Waals surface area contributed by atoms with Gasteiger partial charge < -0.3 is 4.90 Å². The molecular formula is C14H17N5. The van der Waals surface area contributed by atoms with Gasteiger partial charge in [0.15, 0.2) is 0 Å². The standard InChI is InChI=1S/C14H17N5/c1-2-13(11-16)18-6-8-19(9-7-18)14-5-3-4-12(10-15)17-14/h3-5,13H,2,6-9H2,1H3. The number of hydrogen-bond acceptors (Lipinski definition) is 5. The predicted molar refractivity (Wildman–Crippen MR) is 72.4 cm³/mol. The van der Waals surface area contributed by atoms with E-state index in [1.807, 2.05) is 19.1 Å². The normalized spacial score (nSPS) is 17.5. The van der Waals surface area contributed by atoms with Crippen LogP contribution in [-0.4, -0.2) is 42.1 Å². The third-order valence-electron chi connectivity index (χ3n) is 3.46. The summed E-state index contributed by atoms with van der Waals surface area (Å²) < 4.78 is 0. The lowest BCUT2D eigenvalue weighted by Crippen LogP contribution is -2.50. The van der Waals surface area contributed by atoms with Gasteiger partial charge in [-0.05, 0) is 18.6 Å². The second kappa shape index (κ2) is 6.17. The molecular weight excluding hydrogens is 238 g/mol. The average Bonchev–Trinajstić information content (AvgIpc) is 2.49. The van der Waals surface area contributed by atoms with Crippen molar-refractivity contribution in [1.29, 1.82) is 10.5 Å². The Hall–Kier alpha value is -2.11. The Morgan fingerprint density at radius 3 is 2.58 bits per heavy atom. The summed E-state index contributed by atoms with van der Waals surface area (Å²) in [5.41, 5.74) is 0.448. The van der Waals surface area contributed by atoms with E-state index in [0.717, 1.165) is 38.4 Å². The number of anilines is 1. The van der Waals surface area contributed by atoms with Crippen LogP contribution in [0.15, 0.2) is 18.2 Å². The summed E-state index contributed by atoms with van der Waals surface area (Å²) in [4.78, 5) is 8.69. The fourth-order valence-corrected chi connectivity index (χ4v) is 2.36. The summed E-state index contributed by atoms with van der Waals surface area (Å²) in [5.74, 6) is 0.851. The van der Waals surface area contributed by atoms with Crippen LogP contribution in [0.5, 0.6) is 0 Å². The molecule has 0 aliphatic carbocycles. The Bertz CT molecular complexity index is 505. The van der Waals surface area contributed by atoms with Gasteiger partial charge in [-0.3, -0.25) is 4.90 Å². The smallest absolute Gasteiger partial charge is 0.142 e. The minimum Gasteiger partial charge on any atom is -0.354 e. The van der Waals surface area contributed by atoms with Crippen molar-refractivity contribution >= 4 is 5.82 Å². The Morgan fingerprint density at radius 2 is 2.00 bits per heavy atom. The number of nitrogens with zero attached hydrogens (tertiary/aromatic N) is 5. The molecule has 1 atom stereocenters. The molecule has 1 aliphatic heterocycles. The molecule has 0 radical (unpaired) electrons. The number of piperazine rings is 1. The van der Waals surface area contributed by atoms with Crippen LogP contribution in [-0.2, 0) is 0 Å². The summed E-state index contributed by atoms with van der Waals surface area (Å²) in [7, 11) is 0. The molecule has 0 bridgehead atoms. The molecule has 1 unspecified atom stereocenters. The van der Waals surface area contributed by atoms with Gasteiger partial charge in [-0.25, -0.2) is 4.98 Å². The molecule has 1 aliphatic rings. The molecule has 0 saturated carbocycles. The van der Waals surface area contributed by atoms with Crippen LogP contribution in [0.4, 0.5) is 5.82 Å². The van der Waals surface area contributed by atoms with Crippen molar-refractivity contribution in [3.05, 3.63) is 23.9 Å². The van der Waals surface area contributed by atoms with Crippen molar-refractivity contribution in [3.8, 4) is 12.1 Å². The number of rotatable bonds is 3. The minimum atomic E-state index is 0.0144. The number of hydrogen-bond donors (Lipinski definition) is 0. The Kier molecular flexibility index (Phi) is 4.33. The lowest BCUT2D eigenvalue weighted by atomic mass is 10.2. The summed E-state index contributed by atoms with van der Waals surface area (Å²) in [6.07, 6.45) is 0.860. The first-order chi connectivity index (χ1) is 9.28. The topological polar surface area (TPSA) is 67.0 Å². The quantitative estimate of drug-likeness (QED) is 0.816. The Balaban J connectivity index is 2.00. The van der Waals surface area contributed by atoms with Crippen molar-refractivity contribution in [2.24, 2.45) is 0 Å². The highest BCUT2D eigenvalue weighted by Crippen LogP contribution is 2.15. The molecule has 2 heterocycles. The first-order valence-corrected chi connectivity index (χ1v) is 6.54. The fourth-order valence-electron chi connectivity index (χ4n) is 2.36. The molecule has 0 N–H and O–H groups in total. The highest BCUT2D eigenvalue weighted by atomic mass is 15.3. The molecule has 1 aromatic heterocycles. The monoisotopic (exact) mass is 255 g/mol. The van der Waals surface area contributed by atoms with E-state index < -0.39 is 0 Å². The van der Waals surface area contributed by atoms with E-state index in [1.165, 1.54) is 0 Å². The van der Waals surface area contributed by atoms with E-state index in [1.54, 1.807) is 6.07 Å². The number of nitriles is 2. The van der Waals surface area contributed by atoms with Gasteiger partial charge in [0.2, 0.25) is 0 Å². The van der Waals surface area contributed by atoms with Crippen molar-refractivity contribution in [1.82, 2.24) is 9.88 Å². The Labute approximate surface area is 113 Å². The van der Waals surface area contributed by atoms with Crippen molar-refractivity contribution < 1.29 is 0 Å². The molecule has 1 aromatic rings. The predicted octanol–water partition coefficient (Wildman–Crippen LogP) is 1.38. The zero-order valence-corrected chi connectivity index (χ0v) is 11.1. The molecule has 0 amide bonds. The third kappa shape index (κ3) is 3.01. The number of pyridine rings is 1. The lowest BCUT2D eigenvalue weighted by molar-refractivity contribution is 0.216. The zero-order valence-electron chi connectivity index (χ0n) is 11.1. The maximum Gasteiger partial charge on any atom is 0.142 e. The van der Waals surface area contributed by atoms with Crippen molar-refractivity contribution in [3.63, 3.8) is 0 Å². The van der Waals surface area contributed by atoms with Gasteiger partial charge in [-0.1, -0.05) is 13.0 Å². The van der Waals surface area contributed by atoms with E-state index in [9.17, 15) is 0 Å². The Morgan fingerprint density at radius 1 is 1.26 bits per heavy atom. The van der Waals surface area contributed by atoms with E-state index >= 15 is 0 Å². The highest BCUT2D eigenvalue weighted by Gasteiger charge is 2.23. The van der Waals surface area contributed by atoms with E-state index in [2.05, 4.69) is 26.9 Å². The molecule has 2 rings (SSSR count). The molecule has 98 valence electrons. The molecule has 1 saturated heterocycles. The lowest BCUT2D eigenvalue weighted by Gasteiger charge is -2.37. The van der Waals surface area contributed by atoms with Gasteiger partial charge >= 0.3 is 0 Å². The summed E-state index contributed by atoms with van der Waals surface area (Å²) in [6.45, 7) is 5.47. The van der Waals surface area contributed by atoms with Gasteiger partial charge in [0, 0.05) is 26.2 Å². The van der Waals surface area contributed by atoms with Crippen LogP contribution in [0.3, 0.4) is 0 Å². The van der Waals surface area contributed by atoms with Crippen LogP contribution in [0.1, 0.15) is 19.0 Å². The van der Waals surface area contributed by atoms with Gasteiger partial charge in [0.25, 0.3) is 0 Å². The van der Waals surface area contributed by atoms with Crippen LogP contribution in [0.25, 0.3) is 0 Å². The van der Waals surface area contributed by atoms with Gasteiger partial charge in [-0.2, -0.15) is 10.5 Å².